The number of H-pyrrole nitrogens is 1. The van der Waals surface area contributed by atoms with Crippen LogP contribution in [-0.2, 0) is 0 Å². The third-order valence-corrected chi connectivity index (χ3v) is 3.68. The Hall–Kier alpha value is -0.840. The molecule has 0 aromatic carbocycles. The molecule has 0 spiro atoms. The fraction of sp³-hybridized carbons (Fsp3) is 0.600. The van der Waals surface area contributed by atoms with Crippen molar-refractivity contribution in [3.05, 3.63) is 17.5 Å². The van der Waals surface area contributed by atoms with Gasteiger partial charge in [0.2, 0.25) is 0 Å². The van der Waals surface area contributed by atoms with Crippen LogP contribution in [0.5, 0.6) is 0 Å². The average molecular weight is 274 g/mol. The first kappa shape index (κ1) is 12.2. The molecule has 0 aliphatic heterocycles. The predicted molar refractivity (Wildman–Crippen MR) is 63.2 cm³/mol. The van der Waals surface area contributed by atoms with Gasteiger partial charge in [-0.3, -0.25) is 9.89 Å². The standard InChI is InChI=1S/C10H16BrN3O/c1-7-8(4-13-14-7)9(15)12-6-10(2,3)5-11/h4H,5-6H2,1-3H3,(H,12,15)(H,13,14). The van der Waals surface area contributed by atoms with Crippen molar-refractivity contribution in [1.82, 2.24) is 15.5 Å². The molecule has 0 fully saturated rings. The summed E-state index contributed by atoms with van der Waals surface area (Å²) in [6.07, 6.45) is 1.55. The molecule has 0 bridgehead atoms. The Kier molecular flexibility index (Phi) is 3.90. The molecule has 0 saturated carbocycles. The van der Waals surface area contributed by atoms with Gasteiger partial charge < -0.3 is 5.32 Å². The number of nitrogens with zero attached hydrogens (tertiary/aromatic N) is 1. The Morgan fingerprint density at radius 2 is 2.33 bits per heavy atom. The number of aryl methyl sites for hydroxylation is 1. The Labute approximate surface area is 98.0 Å². The van der Waals surface area contributed by atoms with Crippen LogP contribution in [0.15, 0.2) is 6.20 Å². The van der Waals surface area contributed by atoms with Crippen LogP contribution >= 0.6 is 15.9 Å². The summed E-state index contributed by atoms with van der Waals surface area (Å²) in [7, 11) is 0. The molecule has 0 aliphatic rings. The molecule has 0 aliphatic carbocycles. The Morgan fingerprint density at radius 3 is 2.80 bits per heavy atom. The van der Waals surface area contributed by atoms with E-state index in [1.807, 2.05) is 6.92 Å². The van der Waals surface area contributed by atoms with Gasteiger partial charge in [0.05, 0.1) is 11.8 Å². The van der Waals surface area contributed by atoms with Gasteiger partial charge in [0.15, 0.2) is 0 Å². The lowest BCUT2D eigenvalue weighted by molar-refractivity contribution is 0.0939. The molecule has 0 atom stereocenters. The Balaban J connectivity index is 2.55. The van der Waals surface area contributed by atoms with Crippen LogP contribution in [0.25, 0.3) is 0 Å². The van der Waals surface area contributed by atoms with Gasteiger partial charge in [0, 0.05) is 17.6 Å². The zero-order valence-electron chi connectivity index (χ0n) is 9.22. The smallest absolute Gasteiger partial charge is 0.254 e. The fourth-order valence-corrected chi connectivity index (χ4v) is 1.24. The van der Waals surface area contributed by atoms with Gasteiger partial charge in [-0.25, -0.2) is 0 Å². The average Bonchev–Trinajstić information content (AvgIpc) is 2.61. The van der Waals surface area contributed by atoms with Crippen LogP contribution in [0.1, 0.15) is 29.9 Å². The number of alkyl halides is 1. The van der Waals surface area contributed by atoms with Crippen molar-refractivity contribution in [2.45, 2.75) is 20.8 Å². The van der Waals surface area contributed by atoms with Crippen molar-refractivity contribution >= 4 is 21.8 Å². The largest absolute Gasteiger partial charge is 0.351 e. The van der Waals surface area contributed by atoms with Gasteiger partial charge in [-0.05, 0) is 12.3 Å². The van der Waals surface area contributed by atoms with Gasteiger partial charge in [-0.2, -0.15) is 5.10 Å². The SMILES string of the molecule is Cc1[nH]ncc1C(=O)NCC(C)(C)CBr. The highest BCUT2D eigenvalue weighted by molar-refractivity contribution is 9.09. The Bertz CT molecular complexity index is 346. The first-order chi connectivity index (χ1) is 6.96. The van der Waals surface area contributed by atoms with Crippen molar-refractivity contribution in [1.29, 1.82) is 0 Å². The van der Waals surface area contributed by atoms with Crippen molar-refractivity contribution in [2.75, 3.05) is 11.9 Å². The molecule has 1 aromatic rings. The van der Waals surface area contributed by atoms with Crippen LogP contribution in [0.4, 0.5) is 0 Å². The molecule has 15 heavy (non-hydrogen) atoms. The normalized spacial score (nSPS) is 11.5. The summed E-state index contributed by atoms with van der Waals surface area (Å²) in [5.41, 5.74) is 1.47. The van der Waals surface area contributed by atoms with E-state index >= 15 is 0 Å². The zero-order chi connectivity index (χ0) is 11.5. The maximum absolute atomic E-state index is 11.7. The fourth-order valence-electron chi connectivity index (χ4n) is 1.04. The second kappa shape index (κ2) is 4.79. The van der Waals surface area contributed by atoms with Crippen molar-refractivity contribution in [2.24, 2.45) is 5.41 Å². The minimum atomic E-state index is -0.0738. The molecule has 0 radical (unpaired) electrons. The third-order valence-electron chi connectivity index (χ3n) is 2.16. The molecule has 84 valence electrons. The van der Waals surface area contributed by atoms with Gasteiger partial charge in [0.1, 0.15) is 0 Å². The zero-order valence-corrected chi connectivity index (χ0v) is 10.8. The number of halogens is 1. The summed E-state index contributed by atoms with van der Waals surface area (Å²) in [6, 6.07) is 0. The van der Waals surface area contributed by atoms with Crippen LogP contribution in [0, 0.1) is 12.3 Å². The number of nitrogens with one attached hydrogen (secondary N) is 2. The molecule has 0 unspecified atom stereocenters. The van der Waals surface area contributed by atoms with E-state index in [1.54, 1.807) is 6.20 Å². The molecule has 1 amide bonds. The first-order valence-corrected chi connectivity index (χ1v) is 5.92. The maximum atomic E-state index is 11.7. The minimum absolute atomic E-state index is 0.0628. The summed E-state index contributed by atoms with van der Waals surface area (Å²) in [4.78, 5) is 11.7. The monoisotopic (exact) mass is 273 g/mol. The second-order valence-electron chi connectivity index (χ2n) is 4.39. The predicted octanol–water partition coefficient (Wildman–Crippen LogP) is 1.87. The Morgan fingerprint density at radius 1 is 1.67 bits per heavy atom. The molecule has 5 heteroatoms. The molecule has 0 saturated heterocycles. The number of hydrogen-bond donors (Lipinski definition) is 2. The van der Waals surface area contributed by atoms with Gasteiger partial charge >= 0.3 is 0 Å². The number of amides is 1. The van der Waals surface area contributed by atoms with Crippen LogP contribution in [-0.4, -0.2) is 28.0 Å². The number of rotatable bonds is 4. The number of aromatic amines is 1. The minimum Gasteiger partial charge on any atom is -0.351 e. The van der Waals surface area contributed by atoms with E-state index in [0.717, 1.165) is 11.0 Å². The highest BCUT2D eigenvalue weighted by Crippen LogP contribution is 2.16. The summed E-state index contributed by atoms with van der Waals surface area (Å²) < 4.78 is 0. The van der Waals surface area contributed by atoms with E-state index in [4.69, 9.17) is 0 Å². The van der Waals surface area contributed by atoms with Crippen molar-refractivity contribution < 1.29 is 4.79 Å². The highest BCUT2D eigenvalue weighted by Gasteiger charge is 2.18. The van der Waals surface area contributed by atoms with E-state index in [9.17, 15) is 4.79 Å². The van der Waals surface area contributed by atoms with Gasteiger partial charge in [-0.1, -0.05) is 29.8 Å². The molecule has 4 nitrogen and oxygen atoms in total. The quantitative estimate of drug-likeness (QED) is 0.823. The lowest BCUT2D eigenvalue weighted by Crippen LogP contribution is -2.35. The van der Waals surface area contributed by atoms with Gasteiger partial charge in [0.25, 0.3) is 5.91 Å². The van der Waals surface area contributed by atoms with Crippen LogP contribution in [0.2, 0.25) is 0 Å². The summed E-state index contributed by atoms with van der Waals surface area (Å²) in [5.74, 6) is -0.0738. The molecular weight excluding hydrogens is 258 g/mol. The summed E-state index contributed by atoms with van der Waals surface area (Å²) in [5, 5.41) is 10.3. The summed E-state index contributed by atoms with van der Waals surface area (Å²) >= 11 is 3.41. The van der Waals surface area contributed by atoms with Crippen LogP contribution in [0.3, 0.4) is 0 Å². The van der Waals surface area contributed by atoms with Crippen molar-refractivity contribution in [3.8, 4) is 0 Å². The van der Waals surface area contributed by atoms with E-state index in [-0.39, 0.29) is 11.3 Å². The number of carbonyl (C=O) groups excluding carboxylic acids is 1. The molecular formula is C10H16BrN3O. The highest BCUT2D eigenvalue weighted by atomic mass is 79.9. The van der Waals surface area contributed by atoms with Crippen molar-refractivity contribution in [3.63, 3.8) is 0 Å². The van der Waals surface area contributed by atoms with E-state index in [0.29, 0.717) is 12.1 Å². The number of aromatic nitrogens is 2. The molecule has 2 N–H and O–H groups in total. The first-order valence-electron chi connectivity index (χ1n) is 4.80. The topological polar surface area (TPSA) is 57.8 Å². The molecule has 1 aromatic heterocycles. The van der Waals surface area contributed by atoms with Gasteiger partial charge in [-0.15, -0.1) is 0 Å². The van der Waals surface area contributed by atoms with E-state index in [1.165, 1.54) is 0 Å². The number of hydrogen-bond acceptors (Lipinski definition) is 2. The lowest BCUT2D eigenvalue weighted by Gasteiger charge is -2.21. The summed E-state index contributed by atoms with van der Waals surface area (Å²) in [6.45, 7) is 6.65. The molecule has 1 rings (SSSR count). The third kappa shape index (κ3) is 3.34. The lowest BCUT2D eigenvalue weighted by atomic mass is 9.97. The maximum Gasteiger partial charge on any atom is 0.254 e. The molecule has 1 heterocycles. The number of carbonyl (C=O) groups is 1. The van der Waals surface area contributed by atoms with Crippen LogP contribution < -0.4 is 5.32 Å². The second-order valence-corrected chi connectivity index (χ2v) is 4.95. The van der Waals surface area contributed by atoms with E-state index in [2.05, 4.69) is 45.3 Å². The van der Waals surface area contributed by atoms with E-state index < -0.39 is 0 Å².